The maximum absolute atomic E-state index is 13.7. The van der Waals surface area contributed by atoms with E-state index < -0.39 is 53.9 Å². The number of hydrogen-bond donors (Lipinski definition) is 0. The van der Waals surface area contributed by atoms with Gasteiger partial charge in [0.05, 0.1) is 6.61 Å². The first-order valence-corrected chi connectivity index (χ1v) is 8.88. The molecule has 0 aromatic carbocycles. The van der Waals surface area contributed by atoms with E-state index >= 15 is 0 Å². The number of nitrogens with zero attached hydrogens (tertiary/aromatic N) is 4. The van der Waals surface area contributed by atoms with Crippen LogP contribution in [-0.4, -0.2) is 20.6 Å². The van der Waals surface area contributed by atoms with Gasteiger partial charge < -0.3 is 4.52 Å². The summed E-state index contributed by atoms with van der Waals surface area (Å²) in [5.41, 5.74) is 0. The van der Waals surface area contributed by atoms with Crippen molar-refractivity contribution in [3.05, 3.63) is 0 Å². The number of rotatable bonds is 2. The molecule has 0 fully saturated rings. The first-order valence-electron chi connectivity index (χ1n) is 3.96. The van der Waals surface area contributed by atoms with Gasteiger partial charge in [0.15, 0.2) is 0 Å². The molecule has 4 atom stereocenters. The van der Waals surface area contributed by atoms with Crippen molar-refractivity contribution in [2.24, 2.45) is 4.52 Å². The van der Waals surface area contributed by atoms with Crippen molar-refractivity contribution in [3.8, 4) is 0 Å². The van der Waals surface area contributed by atoms with Crippen molar-refractivity contribution in [1.29, 1.82) is 0 Å². The zero-order chi connectivity index (χ0) is 14.1. The molecule has 0 aliphatic carbocycles. The first-order chi connectivity index (χ1) is 8.24. The lowest BCUT2D eigenvalue weighted by atomic mass is 10.9. The molecule has 5 nitrogen and oxygen atoms in total. The highest BCUT2D eigenvalue weighted by atomic mass is 31.3. The maximum Gasteiger partial charge on any atom is 0.371 e. The lowest BCUT2D eigenvalue weighted by Gasteiger charge is -2.30. The van der Waals surface area contributed by atoms with Crippen LogP contribution in [0, 0.1) is 0 Å². The highest BCUT2D eigenvalue weighted by Crippen LogP contribution is 2.80. The average Bonchev–Trinajstić information content (AvgIpc) is 2.33. The summed E-state index contributed by atoms with van der Waals surface area (Å²) in [6.45, 7) is 0.594. The molecular formula is C2H5F7N4OP4. The second-order valence-electron chi connectivity index (χ2n) is 2.42. The van der Waals surface area contributed by atoms with E-state index in [1.165, 1.54) is 0 Å². The Labute approximate surface area is 101 Å². The molecule has 1 rings (SSSR count). The van der Waals surface area contributed by atoms with Gasteiger partial charge >= 0.3 is 33.3 Å². The topological polar surface area (TPSA) is 31.3 Å². The zero-order valence-corrected chi connectivity index (χ0v) is 11.9. The molecule has 0 saturated heterocycles. The van der Waals surface area contributed by atoms with Gasteiger partial charge in [-0.3, -0.25) is 0 Å². The fourth-order valence-corrected chi connectivity index (χ4v) is 6.58. The predicted octanol–water partition coefficient (Wildman–Crippen LogP) is 6.10. The number of hydrogen-bond acceptors (Lipinski definition) is 5. The monoisotopic (exact) mass is 358 g/mol. The molecule has 0 aromatic heterocycles. The molecule has 0 amide bonds. The molecule has 1 heterocycles. The quantitative estimate of drug-likeness (QED) is 0.339. The van der Waals surface area contributed by atoms with E-state index in [9.17, 15) is 30.2 Å². The smallest absolute Gasteiger partial charge is 0.307 e. The van der Waals surface area contributed by atoms with E-state index in [1.54, 1.807) is 0 Å². The summed E-state index contributed by atoms with van der Waals surface area (Å²) in [4.78, 5) is 0. The van der Waals surface area contributed by atoms with E-state index in [4.69, 9.17) is 0 Å². The van der Waals surface area contributed by atoms with Gasteiger partial charge in [-0.05, 0) is 16.2 Å². The minimum Gasteiger partial charge on any atom is -0.307 e. The van der Waals surface area contributed by atoms with Crippen LogP contribution in [0.4, 0.5) is 30.2 Å². The van der Waals surface area contributed by atoms with Gasteiger partial charge in [-0.2, -0.15) is 21.3 Å². The summed E-state index contributed by atoms with van der Waals surface area (Å²) in [5, 5.41) is 0. The van der Waals surface area contributed by atoms with Crippen LogP contribution in [0.2, 0.25) is 0 Å². The highest BCUT2D eigenvalue weighted by molar-refractivity contribution is 7.77. The molecule has 0 spiro atoms. The van der Waals surface area contributed by atoms with Gasteiger partial charge in [0.1, 0.15) is 0 Å². The predicted molar refractivity (Wildman–Crippen MR) is 55.0 cm³/mol. The highest BCUT2D eigenvalue weighted by Gasteiger charge is 2.52. The van der Waals surface area contributed by atoms with E-state index in [1.807, 2.05) is 0 Å². The van der Waals surface area contributed by atoms with Crippen LogP contribution in [0.5, 0.6) is 0 Å². The largest absolute Gasteiger partial charge is 0.371 e. The van der Waals surface area contributed by atoms with Crippen LogP contribution in [0.25, 0.3) is 0 Å². The van der Waals surface area contributed by atoms with Gasteiger partial charge in [0, 0.05) is 4.66 Å². The Morgan fingerprint density at radius 1 is 1.11 bits per heavy atom. The molecule has 108 valence electrons. The molecule has 0 radical (unpaired) electrons. The minimum absolute atomic E-state index is 0.552. The number of halogens is 7. The Morgan fingerprint density at radius 3 is 2.17 bits per heavy atom. The lowest BCUT2D eigenvalue weighted by molar-refractivity contribution is 0.149. The molecule has 1 aliphatic rings. The van der Waals surface area contributed by atoms with Crippen LogP contribution in [0.3, 0.4) is 0 Å². The first kappa shape index (κ1) is 16.9. The van der Waals surface area contributed by atoms with Gasteiger partial charge in [-0.1, -0.05) is 0 Å². The van der Waals surface area contributed by atoms with Gasteiger partial charge in [-0.15, -0.1) is 13.4 Å². The second kappa shape index (κ2) is 6.55. The van der Waals surface area contributed by atoms with Gasteiger partial charge in [-0.25, -0.2) is 0 Å². The van der Waals surface area contributed by atoms with Crippen molar-refractivity contribution in [3.63, 3.8) is 0 Å². The van der Waals surface area contributed by atoms with Crippen LogP contribution in [0.15, 0.2) is 4.52 Å². The van der Waals surface area contributed by atoms with Crippen LogP contribution < -0.4 is 0 Å². The standard InChI is InChI=1S/C2H5F7N4OP4/c1-2-14-18(9)10-15(6)11(3)16(7)12(4)17(8)13(18)5/h2H2,1H3. The molecule has 1 aliphatic heterocycles. The van der Waals surface area contributed by atoms with Gasteiger partial charge in [0.2, 0.25) is 0 Å². The Bertz CT molecular complexity index is 349. The van der Waals surface area contributed by atoms with Crippen LogP contribution in [0.1, 0.15) is 6.92 Å². The second-order valence-corrected chi connectivity index (χ2v) is 8.84. The van der Waals surface area contributed by atoms with Crippen molar-refractivity contribution in [2.45, 2.75) is 6.92 Å². The average molecular weight is 358 g/mol. The molecular weight excluding hydrogens is 353 g/mol. The van der Waals surface area contributed by atoms with E-state index in [2.05, 4.69) is 9.04 Å². The van der Waals surface area contributed by atoms with E-state index in [0.29, 0.717) is 0 Å². The van der Waals surface area contributed by atoms with E-state index in [-0.39, 0.29) is 0 Å². The third kappa shape index (κ3) is 3.30. The Morgan fingerprint density at radius 2 is 1.67 bits per heavy atom. The molecule has 0 aromatic rings. The summed E-state index contributed by atoms with van der Waals surface area (Å²) >= 11 is 0. The molecule has 4 unspecified atom stereocenters. The normalized spacial score (nSPS) is 41.2. The van der Waals surface area contributed by atoms with Crippen molar-refractivity contribution < 1.29 is 34.8 Å². The third-order valence-electron chi connectivity index (χ3n) is 1.36. The van der Waals surface area contributed by atoms with Crippen LogP contribution in [-0.2, 0) is 4.52 Å². The van der Waals surface area contributed by atoms with Crippen LogP contribution >= 0.6 is 33.3 Å². The zero-order valence-electron chi connectivity index (χ0n) is 8.34. The van der Waals surface area contributed by atoms with Gasteiger partial charge in [0.25, 0.3) is 0 Å². The summed E-state index contributed by atoms with van der Waals surface area (Å²) in [5.74, 6) is 0. The van der Waals surface area contributed by atoms with Crippen molar-refractivity contribution in [1.82, 2.24) is 14.0 Å². The van der Waals surface area contributed by atoms with E-state index in [0.717, 1.165) is 6.92 Å². The molecule has 0 saturated carbocycles. The van der Waals surface area contributed by atoms with Crippen molar-refractivity contribution >= 4 is 33.3 Å². The summed E-state index contributed by atoms with van der Waals surface area (Å²) < 4.78 is 93.4. The Hall–Kier alpha value is 0.870. The Kier molecular flexibility index (Phi) is 6.16. The van der Waals surface area contributed by atoms with Crippen molar-refractivity contribution in [2.75, 3.05) is 6.61 Å². The third-order valence-corrected chi connectivity index (χ3v) is 8.07. The maximum atomic E-state index is 13.7. The SMILES string of the molecule is CCOP1(F)=NP(F)N(F)P(F)N(F)P(F)N1F. The minimum atomic E-state index is -5.36. The molecule has 0 N–H and O–H groups in total. The summed E-state index contributed by atoms with van der Waals surface area (Å²) in [6, 6.07) is 0. The lowest BCUT2D eigenvalue weighted by Crippen LogP contribution is -2.15. The fourth-order valence-electron chi connectivity index (χ4n) is 0.729. The summed E-state index contributed by atoms with van der Waals surface area (Å²) in [6.07, 6.45) is 0. The Balaban J connectivity index is 3.22. The molecule has 16 heteroatoms. The fraction of sp³-hybridized carbons (Fsp3) is 1.00. The summed E-state index contributed by atoms with van der Waals surface area (Å²) in [7, 11) is -18.0. The molecule has 18 heavy (non-hydrogen) atoms. The molecule has 0 bridgehead atoms.